The van der Waals surface area contributed by atoms with Crippen molar-refractivity contribution in [2.24, 2.45) is 0 Å². The number of hydrogen-bond acceptors (Lipinski definition) is 6. The van der Waals surface area contributed by atoms with E-state index in [1.165, 1.54) is 21.5 Å². The number of halogens is 1. The number of aromatic nitrogens is 1. The van der Waals surface area contributed by atoms with Gasteiger partial charge in [0.15, 0.2) is 0 Å². The molecule has 0 saturated heterocycles. The highest BCUT2D eigenvalue weighted by Crippen LogP contribution is 2.30. The van der Waals surface area contributed by atoms with Gasteiger partial charge in [0.05, 0.1) is 0 Å². The van der Waals surface area contributed by atoms with Crippen molar-refractivity contribution in [3.05, 3.63) is 77.0 Å². The lowest BCUT2D eigenvalue weighted by atomic mass is 10.1. The smallest absolute Gasteiger partial charge is 0.315 e. The van der Waals surface area contributed by atoms with Gasteiger partial charge in [-0.2, -0.15) is 4.57 Å². The highest BCUT2D eigenvalue weighted by molar-refractivity contribution is 7.18. The van der Waals surface area contributed by atoms with E-state index in [-0.39, 0.29) is 0 Å². The number of nitrogens with zero attached hydrogens (tertiary/aromatic N) is 2. The van der Waals surface area contributed by atoms with E-state index < -0.39 is 10.2 Å². The van der Waals surface area contributed by atoms with E-state index in [1.54, 1.807) is 11.3 Å². The van der Waals surface area contributed by atoms with E-state index >= 15 is 0 Å². The summed E-state index contributed by atoms with van der Waals surface area (Å²) in [7, 11) is -4.94. The molecule has 3 aromatic rings. The lowest BCUT2D eigenvalue weighted by Crippen LogP contribution is -2.68. The zero-order valence-corrected chi connectivity index (χ0v) is 18.7. The van der Waals surface area contributed by atoms with Crippen LogP contribution in [-0.2, 0) is 6.54 Å². The van der Waals surface area contributed by atoms with Crippen LogP contribution in [0.2, 0.25) is 0 Å². The van der Waals surface area contributed by atoms with Gasteiger partial charge in [-0.25, -0.2) is 18.6 Å². The van der Waals surface area contributed by atoms with Crippen molar-refractivity contribution in [1.82, 2.24) is 0 Å². The van der Waals surface area contributed by atoms with Crippen LogP contribution in [0, 0.1) is 22.1 Å². The summed E-state index contributed by atoms with van der Waals surface area (Å²) in [6, 6.07) is 17.0. The average Bonchev–Trinajstić information content (AvgIpc) is 3.09. The standard InChI is InChI=1S/C23H21N2S.ClHO4/c1-3-24-19(17-16-18-10-5-6-12-20(18)24)11-9-15-23-25(4-2)21-13-7-8-14-22(21)26-23;2-1(3,4)5/h5-8,10-14,16-17H,3-4H2,1-2H3;(H,2,3,4,5)/q+1;/p-1. The van der Waals surface area contributed by atoms with Crippen molar-refractivity contribution in [1.29, 1.82) is 0 Å². The number of rotatable bonds is 2. The van der Waals surface area contributed by atoms with E-state index in [0.717, 1.165) is 23.8 Å². The molecular formula is C23H21ClN2O4S. The number of thiazole rings is 1. The zero-order chi connectivity index (χ0) is 22.4. The van der Waals surface area contributed by atoms with Gasteiger partial charge >= 0.3 is 5.01 Å². The fraction of sp³-hybridized carbons (Fsp3) is 0.174. The Bertz CT molecular complexity index is 1180. The number of benzene rings is 2. The third-order valence-electron chi connectivity index (χ3n) is 4.61. The van der Waals surface area contributed by atoms with Crippen LogP contribution in [0.3, 0.4) is 0 Å². The Hall–Kier alpha value is -2.70. The first-order chi connectivity index (χ1) is 14.8. The Morgan fingerprint density at radius 2 is 1.68 bits per heavy atom. The van der Waals surface area contributed by atoms with Crippen molar-refractivity contribution >= 4 is 33.3 Å². The third kappa shape index (κ3) is 5.93. The normalized spacial score (nSPS) is 14.0. The van der Waals surface area contributed by atoms with Crippen LogP contribution in [0.25, 0.3) is 16.3 Å². The monoisotopic (exact) mass is 456 g/mol. The molecule has 0 radical (unpaired) electrons. The number of allylic oxidation sites excluding steroid dienone is 2. The molecule has 1 aliphatic heterocycles. The average molecular weight is 457 g/mol. The SMILES string of the molecule is CCN1C(=CC#Cc2sc3ccccc3[n+]2CC)C=Cc2ccccc21.[O-][Cl+3]([O-])([O-])[O-]. The van der Waals surface area contributed by atoms with Gasteiger partial charge in [0.25, 0.3) is 0 Å². The summed E-state index contributed by atoms with van der Waals surface area (Å²) in [6.45, 7) is 6.20. The lowest BCUT2D eigenvalue weighted by Gasteiger charge is -2.28. The van der Waals surface area contributed by atoms with Crippen LogP contribution in [0.1, 0.15) is 24.4 Å². The van der Waals surface area contributed by atoms with Gasteiger partial charge in [0, 0.05) is 36.0 Å². The quantitative estimate of drug-likeness (QED) is 0.406. The highest BCUT2D eigenvalue weighted by Gasteiger charge is 2.17. The molecule has 0 bridgehead atoms. The molecule has 1 aromatic heterocycles. The Morgan fingerprint density at radius 1 is 1.00 bits per heavy atom. The number of anilines is 1. The first-order valence-electron chi connectivity index (χ1n) is 9.61. The molecule has 0 amide bonds. The topological polar surface area (TPSA) is 99.4 Å². The fourth-order valence-corrected chi connectivity index (χ4v) is 4.46. The van der Waals surface area contributed by atoms with E-state index in [1.807, 2.05) is 6.08 Å². The second kappa shape index (κ2) is 10.1. The van der Waals surface area contributed by atoms with Gasteiger partial charge < -0.3 is 4.90 Å². The van der Waals surface area contributed by atoms with Crippen LogP contribution in [0.5, 0.6) is 0 Å². The number of aryl methyl sites for hydroxylation is 1. The molecule has 2 heterocycles. The number of para-hydroxylation sites is 2. The van der Waals surface area contributed by atoms with Gasteiger partial charge in [0.2, 0.25) is 5.52 Å². The summed E-state index contributed by atoms with van der Waals surface area (Å²) in [4.78, 5) is 2.31. The van der Waals surface area contributed by atoms with E-state index in [4.69, 9.17) is 18.6 Å². The Labute approximate surface area is 187 Å². The lowest BCUT2D eigenvalue weighted by molar-refractivity contribution is -2.00. The van der Waals surface area contributed by atoms with Gasteiger partial charge in [0.1, 0.15) is 11.2 Å². The number of likely N-dealkylation sites (N-methyl/N-ethyl adjacent to an activating group) is 1. The molecule has 0 unspecified atom stereocenters. The molecule has 31 heavy (non-hydrogen) atoms. The summed E-state index contributed by atoms with van der Waals surface area (Å²) < 4.78 is 37.5. The van der Waals surface area contributed by atoms with Gasteiger partial charge in [-0.1, -0.05) is 53.7 Å². The second-order valence-corrected chi connectivity index (χ2v) is 8.26. The summed E-state index contributed by atoms with van der Waals surface area (Å²) in [5.74, 6) is 6.65. The van der Waals surface area contributed by atoms with E-state index in [9.17, 15) is 0 Å². The highest BCUT2D eigenvalue weighted by atomic mass is 35.7. The predicted octanol–water partition coefficient (Wildman–Crippen LogP) is 0.241. The molecule has 0 aliphatic carbocycles. The molecule has 4 rings (SSSR count). The minimum Gasteiger partial charge on any atom is -0.341 e. The molecule has 8 heteroatoms. The molecule has 0 saturated carbocycles. The maximum atomic E-state index is 8.49. The molecular weight excluding hydrogens is 436 g/mol. The molecule has 1 aliphatic rings. The summed E-state index contributed by atoms with van der Waals surface area (Å²) in [5.41, 5.74) is 4.91. The van der Waals surface area contributed by atoms with Gasteiger partial charge in [-0.05, 0) is 37.6 Å². The van der Waals surface area contributed by atoms with Crippen LogP contribution < -0.4 is 28.1 Å². The van der Waals surface area contributed by atoms with Crippen LogP contribution >= 0.6 is 11.3 Å². The predicted molar refractivity (Wildman–Crippen MR) is 111 cm³/mol. The van der Waals surface area contributed by atoms with Crippen molar-refractivity contribution in [3.8, 4) is 11.8 Å². The van der Waals surface area contributed by atoms with Gasteiger partial charge in [-0.3, -0.25) is 0 Å². The Balaban J connectivity index is 0.000000491. The molecule has 0 spiro atoms. The fourth-order valence-electron chi connectivity index (χ4n) is 3.37. The minimum atomic E-state index is -4.94. The van der Waals surface area contributed by atoms with Crippen LogP contribution in [0.4, 0.5) is 5.69 Å². The Kier molecular flexibility index (Phi) is 7.46. The summed E-state index contributed by atoms with van der Waals surface area (Å²) in [6.07, 6.45) is 6.35. The van der Waals surface area contributed by atoms with Crippen molar-refractivity contribution in [3.63, 3.8) is 0 Å². The van der Waals surface area contributed by atoms with E-state index in [0.29, 0.717) is 0 Å². The van der Waals surface area contributed by atoms with Crippen LogP contribution in [-0.4, -0.2) is 6.54 Å². The maximum Gasteiger partial charge on any atom is 0.315 e. The van der Waals surface area contributed by atoms with Crippen LogP contribution in [0.15, 0.2) is 66.4 Å². The maximum absolute atomic E-state index is 8.49. The van der Waals surface area contributed by atoms with E-state index in [2.05, 4.69) is 95.8 Å². The summed E-state index contributed by atoms with van der Waals surface area (Å²) in [5, 5.41) is 1.11. The van der Waals surface area contributed by atoms with Crippen molar-refractivity contribution in [2.75, 3.05) is 11.4 Å². The summed E-state index contributed by atoms with van der Waals surface area (Å²) >= 11 is 1.76. The van der Waals surface area contributed by atoms with Crippen molar-refractivity contribution < 1.29 is 33.4 Å². The molecule has 2 aromatic carbocycles. The largest absolute Gasteiger partial charge is 0.341 e. The zero-order valence-electron chi connectivity index (χ0n) is 17.1. The minimum absolute atomic E-state index is 0.923. The number of hydrogen-bond donors (Lipinski definition) is 0. The second-order valence-electron chi connectivity index (χ2n) is 6.47. The molecule has 0 fully saturated rings. The first-order valence-corrected chi connectivity index (χ1v) is 11.7. The van der Waals surface area contributed by atoms with Crippen molar-refractivity contribution in [2.45, 2.75) is 20.4 Å². The third-order valence-corrected chi connectivity index (χ3v) is 5.69. The molecule has 0 N–H and O–H groups in total. The van der Waals surface area contributed by atoms with Gasteiger partial charge in [-0.15, -0.1) is 10.2 Å². The first kappa shape index (κ1) is 23.0. The molecule has 6 nitrogen and oxygen atoms in total. The molecule has 0 atom stereocenters. The number of fused-ring (bicyclic) bond motifs is 2. The Morgan fingerprint density at radius 3 is 2.39 bits per heavy atom. The molecule has 160 valence electrons.